The molecule has 0 aliphatic heterocycles. The van der Waals surface area contributed by atoms with E-state index in [1.807, 2.05) is 18.2 Å². The third-order valence-corrected chi connectivity index (χ3v) is 2.79. The smallest absolute Gasteiger partial charge is 0.181 e. The highest BCUT2D eigenvalue weighted by Gasteiger charge is 2.20. The van der Waals surface area contributed by atoms with Crippen LogP contribution in [0.2, 0.25) is 0 Å². The molecule has 1 aromatic heterocycles. The van der Waals surface area contributed by atoms with Gasteiger partial charge in [0.25, 0.3) is 0 Å². The molecule has 0 atom stereocenters. The van der Waals surface area contributed by atoms with Crippen LogP contribution in [-0.2, 0) is 5.41 Å². The second-order valence-corrected chi connectivity index (χ2v) is 4.50. The first kappa shape index (κ1) is 11.1. The predicted octanol–water partition coefficient (Wildman–Crippen LogP) is 1.64. The Morgan fingerprint density at radius 2 is 2.25 bits per heavy atom. The lowest BCUT2D eigenvalue weighted by Gasteiger charge is -2.25. The van der Waals surface area contributed by atoms with Crippen LogP contribution >= 0.6 is 0 Å². The Balaban J connectivity index is 2.30. The summed E-state index contributed by atoms with van der Waals surface area (Å²) in [6.07, 6.45) is 1.45. The number of aliphatic hydroxyl groups is 1. The van der Waals surface area contributed by atoms with Gasteiger partial charge in [0.05, 0.1) is 6.73 Å². The average molecular weight is 220 g/mol. The number of aromatic nitrogens is 1. The fourth-order valence-corrected chi connectivity index (χ4v) is 1.75. The Kier molecular flexibility index (Phi) is 2.94. The summed E-state index contributed by atoms with van der Waals surface area (Å²) in [4.78, 5) is 4.08. The lowest BCUT2D eigenvalue weighted by atomic mass is 9.84. The lowest BCUT2D eigenvalue weighted by Crippen LogP contribution is -2.33. The number of nitrogens with one attached hydrogen (secondary N) is 1. The molecule has 16 heavy (non-hydrogen) atoms. The highest BCUT2D eigenvalue weighted by molar-refractivity contribution is 5.73. The van der Waals surface area contributed by atoms with Crippen molar-refractivity contribution in [3.63, 3.8) is 0 Å². The Morgan fingerprint density at radius 1 is 1.44 bits per heavy atom. The number of hydrogen-bond acceptors (Lipinski definition) is 4. The first-order valence-corrected chi connectivity index (χ1v) is 5.29. The number of oxazole rings is 1. The van der Waals surface area contributed by atoms with Gasteiger partial charge in [0.15, 0.2) is 12.0 Å². The van der Waals surface area contributed by atoms with E-state index < -0.39 is 0 Å². The molecule has 0 unspecified atom stereocenters. The van der Waals surface area contributed by atoms with Crippen LogP contribution in [0.25, 0.3) is 11.1 Å². The molecule has 4 heteroatoms. The van der Waals surface area contributed by atoms with Crippen LogP contribution in [0.1, 0.15) is 19.4 Å². The monoisotopic (exact) mass is 220 g/mol. The Morgan fingerprint density at radius 3 is 3.00 bits per heavy atom. The molecule has 86 valence electrons. The van der Waals surface area contributed by atoms with Gasteiger partial charge in [-0.1, -0.05) is 19.9 Å². The van der Waals surface area contributed by atoms with Gasteiger partial charge in [-0.2, -0.15) is 0 Å². The zero-order valence-corrected chi connectivity index (χ0v) is 9.53. The fraction of sp³-hybridized carbons (Fsp3) is 0.417. The van der Waals surface area contributed by atoms with Gasteiger partial charge in [0.2, 0.25) is 0 Å². The summed E-state index contributed by atoms with van der Waals surface area (Å²) in [5, 5.41) is 11.7. The van der Waals surface area contributed by atoms with Crippen LogP contribution in [0, 0.1) is 0 Å². The minimum Gasteiger partial charge on any atom is -0.443 e. The molecule has 4 nitrogen and oxygen atoms in total. The van der Waals surface area contributed by atoms with Crippen molar-refractivity contribution in [1.29, 1.82) is 0 Å². The van der Waals surface area contributed by atoms with E-state index in [0.29, 0.717) is 6.54 Å². The molecule has 0 bridgehead atoms. The number of nitrogens with zero attached hydrogens (tertiary/aromatic N) is 1. The first-order chi connectivity index (χ1) is 7.63. The van der Waals surface area contributed by atoms with E-state index in [0.717, 1.165) is 16.7 Å². The highest BCUT2D eigenvalue weighted by Crippen LogP contribution is 2.25. The van der Waals surface area contributed by atoms with Crippen molar-refractivity contribution in [3.05, 3.63) is 30.2 Å². The van der Waals surface area contributed by atoms with Crippen LogP contribution in [-0.4, -0.2) is 23.4 Å². The summed E-state index contributed by atoms with van der Waals surface area (Å²) >= 11 is 0. The molecule has 0 aliphatic rings. The zero-order valence-electron chi connectivity index (χ0n) is 9.53. The lowest BCUT2D eigenvalue weighted by molar-refractivity contribution is 0.247. The second kappa shape index (κ2) is 4.23. The van der Waals surface area contributed by atoms with E-state index >= 15 is 0 Å². The molecule has 0 fully saturated rings. The largest absolute Gasteiger partial charge is 0.443 e. The minimum absolute atomic E-state index is 0.00597. The van der Waals surface area contributed by atoms with Crippen molar-refractivity contribution in [2.45, 2.75) is 19.3 Å². The van der Waals surface area contributed by atoms with Crippen LogP contribution in [0.4, 0.5) is 0 Å². The molecule has 0 amide bonds. The summed E-state index contributed by atoms with van der Waals surface area (Å²) < 4.78 is 5.28. The van der Waals surface area contributed by atoms with Crippen molar-refractivity contribution in [1.82, 2.24) is 10.3 Å². The molecule has 2 aromatic rings. The molecule has 0 saturated carbocycles. The van der Waals surface area contributed by atoms with E-state index in [1.165, 1.54) is 6.39 Å². The molecule has 0 aliphatic carbocycles. The van der Waals surface area contributed by atoms with E-state index in [9.17, 15) is 0 Å². The Bertz CT molecular complexity index is 477. The van der Waals surface area contributed by atoms with Gasteiger partial charge >= 0.3 is 0 Å². The fourth-order valence-electron chi connectivity index (χ4n) is 1.75. The van der Waals surface area contributed by atoms with Gasteiger partial charge in [-0.05, 0) is 17.7 Å². The van der Waals surface area contributed by atoms with E-state index in [1.54, 1.807) is 0 Å². The number of fused-ring (bicyclic) bond motifs is 1. The number of benzene rings is 1. The van der Waals surface area contributed by atoms with Crippen molar-refractivity contribution >= 4 is 11.1 Å². The van der Waals surface area contributed by atoms with Gasteiger partial charge in [-0.25, -0.2) is 4.98 Å². The van der Waals surface area contributed by atoms with Crippen LogP contribution < -0.4 is 5.32 Å². The molecule has 0 saturated heterocycles. The normalized spacial score (nSPS) is 12.2. The van der Waals surface area contributed by atoms with Crippen molar-refractivity contribution in [3.8, 4) is 0 Å². The SMILES string of the molecule is CC(C)(CNCO)c1ccc2ncoc2c1. The average Bonchev–Trinajstić information content (AvgIpc) is 2.73. The van der Waals surface area contributed by atoms with E-state index in [2.05, 4.69) is 24.1 Å². The van der Waals surface area contributed by atoms with Crippen LogP contribution in [0.15, 0.2) is 29.0 Å². The summed E-state index contributed by atoms with van der Waals surface area (Å²) in [7, 11) is 0. The summed E-state index contributed by atoms with van der Waals surface area (Å²) in [5.74, 6) is 0. The molecular formula is C12H16N2O2. The molecule has 1 aromatic carbocycles. The van der Waals surface area contributed by atoms with Crippen LogP contribution in [0.3, 0.4) is 0 Å². The number of rotatable bonds is 4. The summed E-state index contributed by atoms with van der Waals surface area (Å²) in [6, 6.07) is 6.00. The van der Waals surface area contributed by atoms with Gasteiger partial charge in [-0.3, -0.25) is 5.32 Å². The third-order valence-electron chi connectivity index (χ3n) is 2.79. The topological polar surface area (TPSA) is 58.3 Å². The molecule has 1 heterocycles. The summed E-state index contributed by atoms with van der Waals surface area (Å²) in [5.41, 5.74) is 2.78. The van der Waals surface area contributed by atoms with Crippen molar-refractivity contribution in [2.75, 3.05) is 13.3 Å². The summed E-state index contributed by atoms with van der Waals surface area (Å²) in [6.45, 7) is 4.94. The molecular weight excluding hydrogens is 204 g/mol. The van der Waals surface area contributed by atoms with E-state index in [4.69, 9.17) is 9.52 Å². The van der Waals surface area contributed by atoms with Crippen molar-refractivity contribution < 1.29 is 9.52 Å². The minimum atomic E-state index is -0.0519. The first-order valence-electron chi connectivity index (χ1n) is 5.29. The van der Waals surface area contributed by atoms with Gasteiger partial charge < -0.3 is 9.52 Å². The quantitative estimate of drug-likeness (QED) is 0.769. The van der Waals surface area contributed by atoms with Crippen molar-refractivity contribution in [2.24, 2.45) is 0 Å². The zero-order chi connectivity index (χ0) is 11.6. The highest BCUT2D eigenvalue weighted by atomic mass is 16.3. The second-order valence-electron chi connectivity index (χ2n) is 4.50. The maximum absolute atomic E-state index is 8.78. The van der Waals surface area contributed by atoms with Crippen LogP contribution in [0.5, 0.6) is 0 Å². The van der Waals surface area contributed by atoms with Gasteiger partial charge in [0, 0.05) is 12.0 Å². The molecule has 0 spiro atoms. The third kappa shape index (κ3) is 2.08. The Hall–Kier alpha value is -1.39. The Labute approximate surface area is 94.3 Å². The number of aliphatic hydroxyl groups excluding tert-OH is 1. The standard InChI is InChI=1S/C12H16N2O2/c1-12(2,6-13-7-15)9-3-4-10-11(5-9)16-8-14-10/h3-5,8,13,15H,6-7H2,1-2H3. The molecule has 2 N–H and O–H groups in total. The van der Waals surface area contributed by atoms with E-state index in [-0.39, 0.29) is 12.1 Å². The van der Waals surface area contributed by atoms with Gasteiger partial charge in [-0.15, -0.1) is 0 Å². The van der Waals surface area contributed by atoms with Gasteiger partial charge in [0.1, 0.15) is 5.52 Å². The maximum Gasteiger partial charge on any atom is 0.181 e. The number of hydrogen-bond donors (Lipinski definition) is 2. The predicted molar refractivity (Wildman–Crippen MR) is 62.1 cm³/mol. The maximum atomic E-state index is 8.78. The molecule has 2 rings (SSSR count). The molecule has 0 radical (unpaired) electrons.